The third kappa shape index (κ3) is 2.73. The van der Waals surface area contributed by atoms with E-state index in [-0.39, 0.29) is 11.1 Å². The van der Waals surface area contributed by atoms with Crippen molar-refractivity contribution in [2.45, 2.75) is 0 Å². The number of carbonyl (C=O) groups excluding carboxylic acids is 2. The number of imide groups is 1. The van der Waals surface area contributed by atoms with E-state index in [0.717, 1.165) is 27.7 Å². The number of thioether (sulfide) groups is 1. The van der Waals surface area contributed by atoms with Gasteiger partial charge in [0, 0.05) is 18.1 Å². The summed E-state index contributed by atoms with van der Waals surface area (Å²) in [4.78, 5) is 31.0. The fourth-order valence-electron chi connectivity index (χ4n) is 2.69. The van der Waals surface area contributed by atoms with Crippen LogP contribution in [0.15, 0.2) is 53.4 Å². The van der Waals surface area contributed by atoms with Gasteiger partial charge in [0.25, 0.3) is 11.1 Å². The van der Waals surface area contributed by atoms with Crippen molar-refractivity contribution in [1.82, 2.24) is 9.55 Å². The second-order valence-electron chi connectivity index (χ2n) is 5.51. The lowest BCUT2D eigenvalue weighted by Gasteiger charge is -2.12. The molecule has 0 aliphatic carbocycles. The molecule has 1 aromatic heterocycles. The van der Waals surface area contributed by atoms with Crippen LogP contribution in [0.1, 0.15) is 5.82 Å². The Hall–Kier alpha value is -2.57. The third-order valence-corrected chi connectivity index (χ3v) is 5.08. The van der Waals surface area contributed by atoms with Gasteiger partial charge in [0.05, 0.1) is 21.6 Å². The normalized spacial score (nSPS) is 16.4. The van der Waals surface area contributed by atoms with E-state index in [2.05, 4.69) is 4.98 Å². The summed E-state index contributed by atoms with van der Waals surface area (Å²) >= 11 is 6.77. The van der Waals surface area contributed by atoms with E-state index >= 15 is 0 Å². The molecule has 1 aliphatic heterocycles. The predicted octanol–water partition coefficient (Wildman–Crippen LogP) is 4.47. The van der Waals surface area contributed by atoms with Gasteiger partial charge in [-0.3, -0.25) is 9.59 Å². The fourth-order valence-corrected chi connectivity index (χ4v) is 3.63. The Morgan fingerprint density at radius 3 is 2.52 bits per heavy atom. The Kier molecular flexibility index (Phi) is 3.86. The van der Waals surface area contributed by atoms with Crippen molar-refractivity contribution in [1.29, 1.82) is 0 Å². The van der Waals surface area contributed by atoms with Crippen molar-refractivity contribution in [3.63, 3.8) is 0 Å². The van der Waals surface area contributed by atoms with Gasteiger partial charge in [-0.15, -0.1) is 0 Å². The molecular weight excluding hydrogens is 358 g/mol. The van der Waals surface area contributed by atoms with Crippen LogP contribution < -0.4 is 4.90 Å². The molecule has 0 atom stereocenters. The molecule has 0 bridgehead atoms. The number of halogens is 1. The average Bonchev–Trinajstić information content (AvgIpc) is 3.06. The summed E-state index contributed by atoms with van der Waals surface area (Å²) in [5, 5.41) is 0.211. The van der Waals surface area contributed by atoms with Crippen LogP contribution in [-0.4, -0.2) is 20.7 Å². The molecule has 2 heterocycles. The lowest BCUT2D eigenvalue weighted by Crippen LogP contribution is -2.27. The van der Waals surface area contributed by atoms with Crippen molar-refractivity contribution in [2.75, 3.05) is 4.90 Å². The first-order valence-corrected chi connectivity index (χ1v) is 8.69. The number of benzene rings is 2. The number of hydrogen-bond donors (Lipinski definition) is 0. The monoisotopic (exact) mass is 369 g/mol. The molecule has 7 heteroatoms. The molecule has 0 N–H and O–H groups in total. The molecule has 25 heavy (non-hydrogen) atoms. The molecule has 0 spiro atoms. The number of aromatic nitrogens is 2. The zero-order chi connectivity index (χ0) is 17.6. The van der Waals surface area contributed by atoms with Crippen LogP contribution in [0.2, 0.25) is 5.02 Å². The summed E-state index contributed by atoms with van der Waals surface area (Å²) < 4.78 is 1.89. The quantitative estimate of drug-likeness (QED) is 0.625. The van der Waals surface area contributed by atoms with E-state index < -0.39 is 0 Å². The van der Waals surface area contributed by atoms with Crippen LogP contribution in [0.4, 0.5) is 10.5 Å². The van der Waals surface area contributed by atoms with Crippen molar-refractivity contribution >= 4 is 57.3 Å². The third-order valence-electron chi connectivity index (χ3n) is 3.96. The molecular formula is C18H12ClN3O2S. The van der Waals surface area contributed by atoms with Crippen LogP contribution in [0.5, 0.6) is 0 Å². The first kappa shape index (κ1) is 15.9. The zero-order valence-electron chi connectivity index (χ0n) is 13.1. The maximum absolute atomic E-state index is 12.7. The summed E-state index contributed by atoms with van der Waals surface area (Å²) in [5.41, 5.74) is 2.30. The molecule has 0 unspecified atom stereocenters. The Morgan fingerprint density at radius 2 is 1.80 bits per heavy atom. The molecule has 0 radical (unpaired) electrons. The van der Waals surface area contributed by atoms with E-state index in [0.29, 0.717) is 21.4 Å². The van der Waals surface area contributed by atoms with E-state index in [9.17, 15) is 9.59 Å². The number of amides is 2. The highest BCUT2D eigenvalue weighted by Crippen LogP contribution is 2.36. The number of fused-ring (bicyclic) bond motifs is 1. The minimum Gasteiger partial charge on any atom is -0.328 e. The lowest BCUT2D eigenvalue weighted by molar-refractivity contribution is -0.113. The number of imidazole rings is 1. The van der Waals surface area contributed by atoms with Crippen LogP contribution in [0, 0.1) is 0 Å². The van der Waals surface area contributed by atoms with Crippen LogP contribution in [0.3, 0.4) is 0 Å². The van der Waals surface area contributed by atoms with Gasteiger partial charge >= 0.3 is 0 Å². The van der Waals surface area contributed by atoms with E-state index in [1.807, 2.05) is 35.9 Å². The maximum Gasteiger partial charge on any atom is 0.298 e. The molecule has 124 valence electrons. The second kappa shape index (κ2) is 6.06. The van der Waals surface area contributed by atoms with Crippen molar-refractivity contribution in [3.05, 3.63) is 64.3 Å². The minimum atomic E-state index is -0.357. The van der Waals surface area contributed by atoms with E-state index in [1.54, 1.807) is 30.3 Å². The van der Waals surface area contributed by atoms with Gasteiger partial charge in [0.15, 0.2) is 0 Å². The Bertz CT molecular complexity index is 1040. The second-order valence-corrected chi connectivity index (χ2v) is 6.94. The first-order chi connectivity index (χ1) is 12.0. The highest BCUT2D eigenvalue weighted by molar-refractivity contribution is 8.19. The SMILES string of the molecule is Cn1c(C=C2SC(=O)N(c3ccc(Cl)cc3)C2=O)nc2ccccc21. The first-order valence-electron chi connectivity index (χ1n) is 7.49. The number of para-hydroxylation sites is 2. The predicted molar refractivity (Wildman–Crippen MR) is 101 cm³/mol. The Labute approximate surface area is 152 Å². The van der Waals surface area contributed by atoms with Gasteiger partial charge in [0.1, 0.15) is 5.82 Å². The standard InChI is InChI=1S/C18H12ClN3O2S/c1-21-14-5-3-2-4-13(14)20-16(21)10-15-17(23)22(18(24)25-15)12-8-6-11(19)7-9-12/h2-10H,1H3. The maximum atomic E-state index is 12.7. The lowest BCUT2D eigenvalue weighted by atomic mass is 10.3. The summed E-state index contributed by atoms with van der Waals surface area (Å²) in [6.07, 6.45) is 1.65. The number of carbonyl (C=O) groups is 2. The molecule has 3 aromatic rings. The number of hydrogen-bond acceptors (Lipinski definition) is 4. The van der Waals surface area contributed by atoms with Gasteiger partial charge in [-0.1, -0.05) is 23.7 Å². The topological polar surface area (TPSA) is 55.2 Å². The molecule has 1 fully saturated rings. The van der Waals surface area contributed by atoms with E-state index in [1.165, 1.54) is 0 Å². The molecule has 4 rings (SSSR count). The van der Waals surface area contributed by atoms with Gasteiger partial charge in [0.2, 0.25) is 0 Å². The van der Waals surface area contributed by atoms with Gasteiger partial charge < -0.3 is 4.57 Å². The molecule has 2 amide bonds. The smallest absolute Gasteiger partial charge is 0.298 e. The molecule has 1 saturated heterocycles. The molecule has 1 aliphatic rings. The Balaban J connectivity index is 1.72. The Morgan fingerprint density at radius 1 is 1.08 bits per heavy atom. The van der Waals surface area contributed by atoms with Crippen LogP contribution >= 0.6 is 23.4 Å². The van der Waals surface area contributed by atoms with Gasteiger partial charge in [-0.2, -0.15) is 0 Å². The number of aryl methyl sites for hydroxylation is 1. The summed E-state index contributed by atoms with van der Waals surface area (Å²) in [5.74, 6) is 0.271. The van der Waals surface area contributed by atoms with Crippen molar-refractivity contribution < 1.29 is 9.59 Å². The van der Waals surface area contributed by atoms with Crippen molar-refractivity contribution in [3.8, 4) is 0 Å². The van der Waals surface area contributed by atoms with Crippen LogP contribution in [0.25, 0.3) is 17.1 Å². The average molecular weight is 370 g/mol. The number of nitrogens with zero attached hydrogens (tertiary/aromatic N) is 3. The summed E-state index contributed by atoms with van der Waals surface area (Å²) in [6, 6.07) is 14.3. The molecule has 5 nitrogen and oxygen atoms in total. The highest BCUT2D eigenvalue weighted by Gasteiger charge is 2.36. The zero-order valence-corrected chi connectivity index (χ0v) is 14.7. The molecule has 2 aromatic carbocycles. The highest BCUT2D eigenvalue weighted by atomic mass is 35.5. The summed E-state index contributed by atoms with van der Waals surface area (Å²) in [7, 11) is 1.88. The number of rotatable bonds is 2. The number of anilines is 1. The van der Waals surface area contributed by atoms with E-state index in [4.69, 9.17) is 11.6 Å². The molecule has 0 saturated carbocycles. The largest absolute Gasteiger partial charge is 0.328 e. The van der Waals surface area contributed by atoms with Gasteiger partial charge in [-0.25, -0.2) is 9.88 Å². The van der Waals surface area contributed by atoms with Crippen LogP contribution in [-0.2, 0) is 11.8 Å². The van der Waals surface area contributed by atoms with Gasteiger partial charge in [-0.05, 0) is 48.2 Å². The van der Waals surface area contributed by atoms with Crippen molar-refractivity contribution in [2.24, 2.45) is 7.05 Å². The summed E-state index contributed by atoms with van der Waals surface area (Å²) in [6.45, 7) is 0. The fraction of sp³-hybridized carbons (Fsp3) is 0.0556. The minimum absolute atomic E-state index is 0.336.